The van der Waals surface area contributed by atoms with Crippen LogP contribution in [0.4, 0.5) is 10.5 Å². The van der Waals surface area contributed by atoms with Crippen LogP contribution in [0.2, 0.25) is 0 Å². The van der Waals surface area contributed by atoms with E-state index in [2.05, 4.69) is 23.6 Å². The summed E-state index contributed by atoms with van der Waals surface area (Å²) >= 11 is 0. The van der Waals surface area contributed by atoms with Gasteiger partial charge in [-0.2, -0.15) is 0 Å². The normalized spacial score (nSPS) is 17.4. The van der Waals surface area contributed by atoms with Crippen LogP contribution in [-0.4, -0.2) is 6.03 Å². The predicted molar refractivity (Wildman–Crippen MR) is 76.4 cm³/mol. The highest BCUT2D eigenvalue weighted by Gasteiger charge is 2.26. The van der Waals surface area contributed by atoms with Crippen LogP contribution in [0.5, 0.6) is 0 Å². The molecule has 2 aromatic rings. The van der Waals surface area contributed by atoms with E-state index in [1.54, 1.807) is 0 Å². The zero-order valence-electron chi connectivity index (χ0n) is 11.0. The average Bonchev–Trinajstić information content (AvgIpc) is 2.38. The molecule has 0 fully saturated rings. The number of carbonyl (C=O) groups is 1. The van der Waals surface area contributed by atoms with Crippen molar-refractivity contribution in [3.05, 3.63) is 64.7 Å². The van der Waals surface area contributed by atoms with E-state index in [-0.39, 0.29) is 12.1 Å². The summed E-state index contributed by atoms with van der Waals surface area (Å²) in [5, 5.41) is 5.89. The van der Waals surface area contributed by atoms with E-state index in [1.165, 1.54) is 5.56 Å². The molecule has 1 atom stereocenters. The van der Waals surface area contributed by atoms with Gasteiger partial charge in [0.1, 0.15) is 0 Å². The molecule has 0 saturated heterocycles. The minimum atomic E-state index is -0.147. The van der Waals surface area contributed by atoms with Crippen LogP contribution in [0.1, 0.15) is 28.3 Å². The molecular weight excluding hydrogens is 236 g/mol. The number of rotatable bonds is 1. The molecule has 0 spiro atoms. The minimum Gasteiger partial charge on any atom is -0.327 e. The molecule has 3 nitrogen and oxygen atoms in total. The van der Waals surface area contributed by atoms with Gasteiger partial charge in [0.25, 0.3) is 0 Å². The standard InChI is InChI=1S/C16H16N2O/c1-10-8-11(2)14-13(9-10)17-16(19)18-15(14)12-6-4-3-5-7-12/h3-9,15H,1-2H3,(H2,17,18,19). The Balaban J connectivity index is 2.17. The summed E-state index contributed by atoms with van der Waals surface area (Å²) in [6.45, 7) is 4.12. The Bertz CT molecular complexity index is 635. The first-order valence-electron chi connectivity index (χ1n) is 6.39. The predicted octanol–water partition coefficient (Wildman–Crippen LogP) is 3.53. The lowest BCUT2D eigenvalue weighted by Crippen LogP contribution is -2.38. The molecule has 1 aliphatic heterocycles. The molecule has 0 aliphatic carbocycles. The lowest BCUT2D eigenvalue weighted by Gasteiger charge is -2.29. The van der Waals surface area contributed by atoms with Crippen LogP contribution in [0.3, 0.4) is 0 Å². The van der Waals surface area contributed by atoms with Gasteiger partial charge in [-0.1, -0.05) is 36.4 Å². The average molecular weight is 252 g/mol. The number of nitrogens with one attached hydrogen (secondary N) is 2. The van der Waals surface area contributed by atoms with E-state index in [0.29, 0.717) is 0 Å². The van der Waals surface area contributed by atoms with Gasteiger partial charge in [0.15, 0.2) is 0 Å². The molecule has 0 bridgehead atoms. The topological polar surface area (TPSA) is 41.1 Å². The third kappa shape index (κ3) is 2.08. The molecule has 1 heterocycles. The summed E-state index contributed by atoms with van der Waals surface area (Å²) in [6.07, 6.45) is 0. The van der Waals surface area contributed by atoms with Gasteiger partial charge < -0.3 is 10.6 Å². The van der Waals surface area contributed by atoms with Crippen molar-refractivity contribution in [2.45, 2.75) is 19.9 Å². The summed E-state index contributed by atoms with van der Waals surface area (Å²) in [6, 6.07) is 14.0. The second-order valence-corrected chi connectivity index (χ2v) is 4.99. The summed E-state index contributed by atoms with van der Waals surface area (Å²) in [4.78, 5) is 11.8. The lowest BCUT2D eigenvalue weighted by atomic mass is 9.91. The molecule has 19 heavy (non-hydrogen) atoms. The van der Waals surface area contributed by atoms with Gasteiger partial charge in [0.05, 0.1) is 6.04 Å². The molecule has 3 rings (SSSR count). The molecule has 1 aliphatic rings. The van der Waals surface area contributed by atoms with Gasteiger partial charge >= 0.3 is 6.03 Å². The molecule has 2 amide bonds. The molecule has 96 valence electrons. The Hall–Kier alpha value is -2.29. The largest absolute Gasteiger partial charge is 0.327 e. The van der Waals surface area contributed by atoms with Gasteiger partial charge in [0, 0.05) is 11.3 Å². The SMILES string of the molecule is Cc1cc(C)c2c(c1)NC(=O)NC2c1ccccc1. The van der Waals surface area contributed by atoms with E-state index in [0.717, 1.165) is 22.4 Å². The molecular formula is C16H16N2O. The Kier molecular flexibility index (Phi) is 2.75. The van der Waals surface area contributed by atoms with Crippen molar-refractivity contribution in [1.29, 1.82) is 0 Å². The number of carbonyl (C=O) groups excluding carboxylic acids is 1. The molecule has 2 aromatic carbocycles. The first-order chi connectivity index (χ1) is 9.15. The van der Waals surface area contributed by atoms with Crippen LogP contribution in [0.15, 0.2) is 42.5 Å². The van der Waals surface area contributed by atoms with Crippen molar-refractivity contribution in [2.75, 3.05) is 5.32 Å². The van der Waals surface area contributed by atoms with Gasteiger partial charge in [-0.05, 0) is 36.6 Å². The van der Waals surface area contributed by atoms with Crippen molar-refractivity contribution in [3.8, 4) is 0 Å². The van der Waals surface area contributed by atoms with Crippen molar-refractivity contribution < 1.29 is 4.79 Å². The van der Waals surface area contributed by atoms with Crippen molar-refractivity contribution in [1.82, 2.24) is 5.32 Å². The first-order valence-corrected chi connectivity index (χ1v) is 6.39. The maximum Gasteiger partial charge on any atom is 0.320 e. The van der Waals surface area contributed by atoms with Gasteiger partial charge in [0.2, 0.25) is 0 Å². The summed E-state index contributed by atoms with van der Waals surface area (Å²) in [5.41, 5.74) is 5.51. The van der Waals surface area contributed by atoms with Crippen LogP contribution < -0.4 is 10.6 Å². The monoisotopic (exact) mass is 252 g/mol. The van der Waals surface area contributed by atoms with Crippen LogP contribution in [0.25, 0.3) is 0 Å². The maximum absolute atomic E-state index is 11.8. The van der Waals surface area contributed by atoms with E-state index < -0.39 is 0 Å². The third-order valence-corrected chi connectivity index (χ3v) is 3.48. The van der Waals surface area contributed by atoms with E-state index in [9.17, 15) is 4.79 Å². The second-order valence-electron chi connectivity index (χ2n) is 4.99. The highest BCUT2D eigenvalue weighted by Crippen LogP contribution is 2.34. The zero-order chi connectivity index (χ0) is 13.4. The van der Waals surface area contributed by atoms with E-state index in [1.807, 2.05) is 43.3 Å². The van der Waals surface area contributed by atoms with Crippen LogP contribution in [-0.2, 0) is 0 Å². The Morgan fingerprint density at radius 3 is 2.53 bits per heavy atom. The summed E-state index contributed by atoms with van der Waals surface area (Å²) in [5.74, 6) is 0. The smallest absolute Gasteiger partial charge is 0.320 e. The summed E-state index contributed by atoms with van der Waals surface area (Å²) < 4.78 is 0. The maximum atomic E-state index is 11.8. The minimum absolute atomic E-state index is 0.0782. The highest BCUT2D eigenvalue weighted by atomic mass is 16.2. The molecule has 3 heteroatoms. The van der Waals surface area contributed by atoms with Crippen LogP contribution >= 0.6 is 0 Å². The van der Waals surface area contributed by atoms with Crippen molar-refractivity contribution in [3.63, 3.8) is 0 Å². The quantitative estimate of drug-likeness (QED) is 0.801. The Morgan fingerprint density at radius 2 is 1.79 bits per heavy atom. The first kappa shape index (κ1) is 11.8. The second kappa shape index (κ2) is 4.43. The number of hydrogen-bond acceptors (Lipinski definition) is 1. The van der Waals surface area contributed by atoms with Gasteiger partial charge in [-0.3, -0.25) is 0 Å². The van der Waals surface area contributed by atoms with Gasteiger partial charge in [-0.15, -0.1) is 0 Å². The van der Waals surface area contributed by atoms with Crippen LogP contribution in [0, 0.1) is 13.8 Å². The van der Waals surface area contributed by atoms with E-state index in [4.69, 9.17) is 0 Å². The number of benzene rings is 2. The fourth-order valence-electron chi connectivity index (χ4n) is 2.72. The molecule has 1 unspecified atom stereocenters. The molecule has 0 radical (unpaired) electrons. The molecule has 0 saturated carbocycles. The number of aryl methyl sites for hydroxylation is 2. The highest BCUT2D eigenvalue weighted by molar-refractivity contribution is 5.94. The fraction of sp³-hybridized carbons (Fsp3) is 0.188. The number of amides is 2. The number of anilines is 1. The number of fused-ring (bicyclic) bond motifs is 1. The van der Waals surface area contributed by atoms with Crippen molar-refractivity contribution >= 4 is 11.7 Å². The molecule has 2 N–H and O–H groups in total. The van der Waals surface area contributed by atoms with Gasteiger partial charge in [-0.25, -0.2) is 4.79 Å². The van der Waals surface area contributed by atoms with Crippen molar-refractivity contribution in [2.24, 2.45) is 0 Å². The number of hydrogen-bond donors (Lipinski definition) is 2. The summed E-state index contributed by atoms with van der Waals surface area (Å²) in [7, 11) is 0. The lowest BCUT2D eigenvalue weighted by molar-refractivity contribution is 0.249. The van der Waals surface area contributed by atoms with E-state index >= 15 is 0 Å². The zero-order valence-corrected chi connectivity index (χ0v) is 11.0. The third-order valence-electron chi connectivity index (χ3n) is 3.48. The number of urea groups is 1. The Labute approximate surface area is 112 Å². The molecule has 0 aromatic heterocycles. The fourth-order valence-corrected chi connectivity index (χ4v) is 2.72. The Morgan fingerprint density at radius 1 is 1.05 bits per heavy atom.